The van der Waals surface area contributed by atoms with E-state index in [4.69, 9.17) is 5.11 Å². The molecule has 0 bridgehead atoms. The van der Waals surface area contributed by atoms with Crippen LogP contribution in [0.2, 0.25) is 0 Å². The first-order chi connectivity index (χ1) is 12.4. The number of aromatic amines is 1. The zero-order valence-corrected chi connectivity index (χ0v) is 15.2. The minimum absolute atomic E-state index is 0.0718. The number of amides is 1. The van der Waals surface area contributed by atoms with Gasteiger partial charge >= 0.3 is 5.97 Å². The van der Waals surface area contributed by atoms with Crippen molar-refractivity contribution in [2.24, 2.45) is 0 Å². The first kappa shape index (κ1) is 18.0. The number of H-pyrrole nitrogens is 1. The monoisotopic (exact) mass is 390 g/mol. The second-order valence-corrected chi connectivity index (χ2v) is 7.41. The third-order valence-electron chi connectivity index (χ3n) is 3.41. The Labute approximate surface area is 155 Å². The van der Waals surface area contributed by atoms with Crippen LogP contribution in [0.1, 0.15) is 26.9 Å². The Hall–Kier alpha value is -2.85. The Morgan fingerprint density at radius 2 is 2.15 bits per heavy atom. The summed E-state index contributed by atoms with van der Waals surface area (Å²) in [6, 6.07) is 5.52. The van der Waals surface area contributed by atoms with Gasteiger partial charge in [0.15, 0.2) is 0 Å². The van der Waals surface area contributed by atoms with Crippen molar-refractivity contribution in [3.05, 3.63) is 49.6 Å². The fourth-order valence-electron chi connectivity index (χ4n) is 2.27. The molecule has 3 rings (SSSR count). The van der Waals surface area contributed by atoms with Crippen LogP contribution in [0.25, 0.3) is 10.4 Å². The first-order valence-corrected chi connectivity index (χ1v) is 9.27. The van der Waals surface area contributed by atoms with Gasteiger partial charge in [0.05, 0.1) is 6.42 Å². The maximum absolute atomic E-state index is 12.5. The standard InChI is InChI=1S/C16H14N4O4S2/c1-8-7-9(10-3-2-6-25-10)13(14(23)17-8)18-15(24)16-20-19-11(26-16)4-5-12(21)22/h2-3,6-7H,4-5H2,1H3,(H,17,23)(H,18,24)(H,21,22). The number of aromatic nitrogens is 3. The van der Waals surface area contributed by atoms with Crippen molar-refractivity contribution in [1.82, 2.24) is 15.2 Å². The van der Waals surface area contributed by atoms with Crippen molar-refractivity contribution in [1.29, 1.82) is 0 Å². The molecule has 0 fully saturated rings. The summed E-state index contributed by atoms with van der Waals surface area (Å²) < 4.78 is 0. The van der Waals surface area contributed by atoms with Gasteiger partial charge in [0.2, 0.25) is 5.01 Å². The summed E-state index contributed by atoms with van der Waals surface area (Å²) in [6.45, 7) is 1.77. The number of hydrogen-bond acceptors (Lipinski definition) is 7. The van der Waals surface area contributed by atoms with Crippen LogP contribution in [0.15, 0.2) is 28.4 Å². The minimum Gasteiger partial charge on any atom is -0.481 e. The lowest BCUT2D eigenvalue weighted by Gasteiger charge is -2.09. The van der Waals surface area contributed by atoms with Gasteiger partial charge in [-0.05, 0) is 24.4 Å². The number of nitrogens with zero attached hydrogens (tertiary/aromatic N) is 2. The summed E-state index contributed by atoms with van der Waals surface area (Å²) in [5, 5.41) is 21.3. The fourth-order valence-corrected chi connectivity index (χ4v) is 3.75. The summed E-state index contributed by atoms with van der Waals surface area (Å²) >= 11 is 2.47. The van der Waals surface area contributed by atoms with Gasteiger partial charge in [0.25, 0.3) is 11.5 Å². The zero-order valence-electron chi connectivity index (χ0n) is 13.6. The number of carbonyl (C=O) groups excluding carboxylic acids is 1. The second-order valence-electron chi connectivity index (χ2n) is 5.40. The molecule has 0 saturated carbocycles. The van der Waals surface area contributed by atoms with Crippen LogP contribution in [0.3, 0.4) is 0 Å². The molecule has 134 valence electrons. The molecule has 3 aromatic heterocycles. The van der Waals surface area contributed by atoms with E-state index >= 15 is 0 Å². The van der Waals surface area contributed by atoms with Crippen molar-refractivity contribution < 1.29 is 14.7 Å². The zero-order chi connectivity index (χ0) is 18.7. The van der Waals surface area contributed by atoms with Crippen molar-refractivity contribution in [2.75, 3.05) is 5.32 Å². The first-order valence-electron chi connectivity index (χ1n) is 7.57. The van der Waals surface area contributed by atoms with Crippen LogP contribution >= 0.6 is 22.7 Å². The van der Waals surface area contributed by atoms with E-state index in [1.807, 2.05) is 17.5 Å². The average molecular weight is 390 g/mol. The number of carboxylic acid groups (broad SMARTS) is 1. The second kappa shape index (κ2) is 7.58. The summed E-state index contributed by atoms with van der Waals surface area (Å²) in [5.74, 6) is -1.51. The van der Waals surface area contributed by atoms with Crippen LogP contribution in [0.5, 0.6) is 0 Å². The molecule has 0 radical (unpaired) electrons. The number of aliphatic carboxylic acids is 1. The highest BCUT2D eigenvalue weighted by atomic mass is 32.1. The molecule has 0 aliphatic heterocycles. The molecule has 0 aliphatic rings. The number of hydrogen-bond donors (Lipinski definition) is 3. The highest BCUT2D eigenvalue weighted by Crippen LogP contribution is 2.30. The molecule has 0 saturated heterocycles. The van der Waals surface area contributed by atoms with E-state index in [2.05, 4.69) is 20.5 Å². The predicted molar refractivity (Wildman–Crippen MR) is 98.9 cm³/mol. The Morgan fingerprint density at radius 1 is 1.35 bits per heavy atom. The normalized spacial score (nSPS) is 10.7. The maximum atomic E-state index is 12.5. The van der Waals surface area contributed by atoms with Crippen molar-refractivity contribution in [2.45, 2.75) is 19.8 Å². The molecule has 26 heavy (non-hydrogen) atoms. The summed E-state index contributed by atoms with van der Waals surface area (Å²) in [7, 11) is 0. The van der Waals surface area contributed by atoms with E-state index in [9.17, 15) is 14.4 Å². The number of carbonyl (C=O) groups is 2. The SMILES string of the molecule is Cc1cc(-c2cccs2)c(NC(=O)c2nnc(CCC(=O)O)s2)c(=O)[nH]1. The maximum Gasteiger partial charge on any atom is 0.303 e. The van der Waals surface area contributed by atoms with E-state index in [1.54, 1.807) is 13.0 Å². The third kappa shape index (κ3) is 4.03. The number of carboxylic acids is 1. The lowest BCUT2D eigenvalue weighted by Crippen LogP contribution is -2.21. The van der Waals surface area contributed by atoms with Gasteiger partial charge in [0, 0.05) is 22.6 Å². The molecule has 0 unspecified atom stereocenters. The molecular weight excluding hydrogens is 376 g/mol. The van der Waals surface area contributed by atoms with Gasteiger partial charge in [-0.1, -0.05) is 17.4 Å². The summed E-state index contributed by atoms with van der Waals surface area (Å²) in [6.07, 6.45) is 0.113. The molecule has 10 heteroatoms. The largest absolute Gasteiger partial charge is 0.481 e. The Morgan fingerprint density at radius 3 is 2.85 bits per heavy atom. The van der Waals surface area contributed by atoms with E-state index in [0.717, 1.165) is 16.2 Å². The molecule has 8 nitrogen and oxygen atoms in total. The van der Waals surface area contributed by atoms with Crippen LogP contribution in [0.4, 0.5) is 5.69 Å². The quantitative estimate of drug-likeness (QED) is 0.594. The van der Waals surface area contributed by atoms with Gasteiger partial charge in [-0.25, -0.2) is 0 Å². The average Bonchev–Trinajstić information content (AvgIpc) is 3.26. The van der Waals surface area contributed by atoms with Crippen LogP contribution in [-0.2, 0) is 11.2 Å². The van der Waals surface area contributed by atoms with E-state index in [0.29, 0.717) is 16.3 Å². The molecule has 3 N–H and O–H groups in total. The van der Waals surface area contributed by atoms with E-state index < -0.39 is 17.4 Å². The number of pyridine rings is 1. The van der Waals surface area contributed by atoms with Gasteiger partial charge in [0.1, 0.15) is 10.7 Å². The highest BCUT2D eigenvalue weighted by Gasteiger charge is 2.18. The van der Waals surface area contributed by atoms with Crippen molar-refractivity contribution in [3.63, 3.8) is 0 Å². The van der Waals surface area contributed by atoms with Crippen LogP contribution < -0.4 is 10.9 Å². The number of rotatable bonds is 6. The smallest absolute Gasteiger partial charge is 0.303 e. The molecule has 1 amide bonds. The molecule has 3 aromatic rings. The molecule has 0 spiro atoms. The van der Waals surface area contributed by atoms with Crippen molar-refractivity contribution >= 4 is 40.2 Å². The van der Waals surface area contributed by atoms with Gasteiger partial charge in [-0.3, -0.25) is 14.4 Å². The Balaban J connectivity index is 1.86. The van der Waals surface area contributed by atoms with Gasteiger partial charge in [-0.2, -0.15) is 0 Å². The highest BCUT2D eigenvalue weighted by molar-refractivity contribution is 7.13. The van der Waals surface area contributed by atoms with Crippen LogP contribution in [0, 0.1) is 6.92 Å². The molecule has 0 atom stereocenters. The lowest BCUT2D eigenvalue weighted by molar-refractivity contribution is -0.136. The molecular formula is C16H14N4O4S2. The number of thiophene rings is 1. The summed E-state index contributed by atoms with van der Waals surface area (Å²) in [5.41, 5.74) is 1.05. The number of anilines is 1. The third-order valence-corrected chi connectivity index (χ3v) is 5.29. The summed E-state index contributed by atoms with van der Waals surface area (Å²) in [4.78, 5) is 38.9. The Bertz CT molecular complexity index is 1010. The van der Waals surface area contributed by atoms with Crippen molar-refractivity contribution in [3.8, 4) is 10.4 Å². The van der Waals surface area contributed by atoms with Gasteiger partial charge < -0.3 is 15.4 Å². The molecule has 0 aliphatic carbocycles. The molecule has 3 heterocycles. The van der Waals surface area contributed by atoms with E-state index in [1.165, 1.54) is 11.3 Å². The van der Waals surface area contributed by atoms with Gasteiger partial charge in [-0.15, -0.1) is 21.5 Å². The lowest BCUT2D eigenvalue weighted by atomic mass is 10.1. The van der Waals surface area contributed by atoms with E-state index in [-0.39, 0.29) is 23.5 Å². The van der Waals surface area contributed by atoms with Crippen LogP contribution in [-0.4, -0.2) is 32.2 Å². The fraction of sp³-hybridized carbons (Fsp3) is 0.188. The molecule has 0 aromatic carbocycles. The topological polar surface area (TPSA) is 125 Å². The predicted octanol–water partition coefficient (Wildman–Crippen LogP) is 2.53. The number of aryl methyl sites for hydroxylation is 2. The number of nitrogens with one attached hydrogen (secondary N) is 2. The Kier molecular flexibility index (Phi) is 5.24. The minimum atomic E-state index is -0.946.